The minimum atomic E-state index is 0.123. The number of piperazine rings is 1. The number of hydrogen-bond donors (Lipinski definition) is 1. The summed E-state index contributed by atoms with van der Waals surface area (Å²) in [5, 5.41) is 0. The number of carbonyl (C=O) groups is 1. The van der Waals surface area contributed by atoms with E-state index >= 15 is 0 Å². The Morgan fingerprint density at radius 1 is 1.03 bits per heavy atom. The number of rotatable bonds is 3. The number of piperidine rings is 1. The number of fused-ring (bicyclic) bond motifs is 1. The number of para-hydroxylation sites is 2. The molecule has 0 saturated carbocycles. The summed E-state index contributed by atoms with van der Waals surface area (Å²) in [6.07, 6.45) is 1.78. The van der Waals surface area contributed by atoms with Crippen molar-refractivity contribution in [3.63, 3.8) is 0 Å². The van der Waals surface area contributed by atoms with Crippen molar-refractivity contribution in [2.75, 3.05) is 42.5 Å². The normalized spacial score (nSPS) is 20.5. The van der Waals surface area contributed by atoms with Gasteiger partial charge in [-0.3, -0.25) is 4.79 Å². The van der Waals surface area contributed by atoms with Gasteiger partial charge in [0.15, 0.2) is 0 Å². The number of nitrogens with one attached hydrogen (secondary N) is 1. The van der Waals surface area contributed by atoms with Crippen molar-refractivity contribution in [3.8, 4) is 0 Å². The lowest BCUT2D eigenvalue weighted by molar-refractivity contribution is -0.137. The molecule has 0 bridgehead atoms. The van der Waals surface area contributed by atoms with Crippen LogP contribution in [0.15, 0.2) is 48.5 Å². The Labute approximate surface area is 183 Å². The molecule has 162 valence electrons. The van der Waals surface area contributed by atoms with E-state index in [4.69, 9.17) is 4.98 Å². The summed E-state index contributed by atoms with van der Waals surface area (Å²) in [4.78, 5) is 28.2. The largest absolute Gasteiger partial charge is 0.365 e. The van der Waals surface area contributed by atoms with Crippen molar-refractivity contribution in [3.05, 3.63) is 54.1 Å². The number of anilines is 2. The van der Waals surface area contributed by atoms with E-state index < -0.39 is 0 Å². The molecule has 6 heteroatoms. The molecule has 2 aliphatic heterocycles. The first-order chi connectivity index (χ1) is 15.1. The first kappa shape index (κ1) is 19.9. The van der Waals surface area contributed by atoms with Crippen molar-refractivity contribution < 1.29 is 4.79 Å². The average Bonchev–Trinajstić information content (AvgIpc) is 3.23. The summed E-state index contributed by atoms with van der Waals surface area (Å²) >= 11 is 0. The zero-order valence-corrected chi connectivity index (χ0v) is 18.4. The van der Waals surface area contributed by atoms with Crippen LogP contribution in [-0.2, 0) is 4.79 Å². The molecule has 31 heavy (non-hydrogen) atoms. The summed E-state index contributed by atoms with van der Waals surface area (Å²) in [5.74, 6) is 1.38. The standard InChI is InChI=1S/C25H31N5O/c1-18-6-5-7-21(16-18)30-15-14-29(17-19(30)2)24(31)20-10-12-28(13-11-20)25-26-22-8-3-4-9-23(22)27-25/h3-9,16,19-20H,10-15,17H2,1-2H3,(H,26,27)/t19-/m1/s1. The molecule has 2 saturated heterocycles. The van der Waals surface area contributed by atoms with Crippen LogP contribution in [0.3, 0.4) is 0 Å². The number of aromatic amines is 1. The summed E-state index contributed by atoms with van der Waals surface area (Å²) < 4.78 is 0. The number of aromatic nitrogens is 2. The number of hydrogen-bond acceptors (Lipinski definition) is 4. The second kappa shape index (κ2) is 8.25. The molecule has 1 aromatic heterocycles. The van der Waals surface area contributed by atoms with Crippen LogP contribution in [-0.4, -0.2) is 59.5 Å². The molecule has 5 rings (SSSR count). The molecule has 1 atom stereocenters. The highest BCUT2D eigenvalue weighted by atomic mass is 16.2. The zero-order chi connectivity index (χ0) is 21.4. The Kier molecular flexibility index (Phi) is 5.30. The summed E-state index contributed by atoms with van der Waals surface area (Å²) in [6.45, 7) is 8.60. The molecule has 1 N–H and O–H groups in total. The van der Waals surface area contributed by atoms with Crippen LogP contribution in [0.25, 0.3) is 11.0 Å². The third-order valence-corrected chi connectivity index (χ3v) is 6.79. The summed E-state index contributed by atoms with van der Waals surface area (Å²) in [5.41, 5.74) is 4.60. The van der Waals surface area contributed by atoms with Gasteiger partial charge >= 0.3 is 0 Å². The SMILES string of the molecule is Cc1cccc(N2CCN(C(=O)C3CCN(c4nc5ccccc5[nH]4)CC3)C[C@H]2C)c1. The van der Waals surface area contributed by atoms with Gasteiger partial charge < -0.3 is 19.7 Å². The molecule has 0 spiro atoms. The third kappa shape index (κ3) is 3.99. The van der Waals surface area contributed by atoms with Crippen molar-refractivity contribution >= 4 is 28.6 Å². The first-order valence-electron chi connectivity index (χ1n) is 11.4. The molecule has 0 radical (unpaired) electrons. The van der Waals surface area contributed by atoms with E-state index in [1.807, 2.05) is 18.2 Å². The van der Waals surface area contributed by atoms with E-state index in [-0.39, 0.29) is 5.92 Å². The molecule has 2 aliphatic rings. The van der Waals surface area contributed by atoms with Crippen molar-refractivity contribution in [2.24, 2.45) is 5.92 Å². The van der Waals surface area contributed by atoms with Crippen LogP contribution in [0.4, 0.5) is 11.6 Å². The van der Waals surface area contributed by atoms with Crippen LogP contribution < -0.4 is 9.80 Å². The fourth-order valence-corrected chi connectivity index (χ4v) is 5.03. The molecule has 0 aliphatic carbocycles. The minimum Gasteiger partial charge on any atom is -0.365 e. The number of carbonyl (C=O) groups excluding carboxylic acids is 1. The molecule has 3 heterocycles. The lowest BCUT2D eigenvalue weighted by Crippen LogP contribution is -2.55. The van der Waals surface area contributed by atoms with Crippen molar-refractivity contribution in [2.45, 2.75) is 32.7 Å². The van der Waals surface area contributed by atoms with Crippen LogP contribution in [0.1, 0.15) is 25.3 Å². The van der Waals surface area contributed by atoms with Gasteiger partial charge in [0.25, 0.3) is 0 Å². The number of H-pyrrole nitrogens is 1. The van der Waals surface area contributed by atoms with Gasteiger partial charge in [-0.15, -0.1) is 0 Å². The lowest BCUT2D eigenvalue weighted by atomic mass is 9.94. The van der Waals surface area contributed by atoms with Gasteiger partial charge in [-0.25, -0.2) is 4.98 Å². The van der Waals surface area contributed by atoms with Gasteiger partial charge in [0.1, 0.15) is 0 Å². The number of aryl methyl sites for hydroxylation is 1. The average molecular weight is 418 g/mol. The lowest BCUT2D eigenvalue weighted by Gasteiger charge is -2.43. The monoisotopic (exact) mass is 417 g/mol. The van der Waals surface area contributed by atoms with Crippen LogP contribution >= 0.6 is 0 Å². The van der Waals surface area contributed by atoms with Gasteiger partial charge in [-0.05, 0) is 56.5 Å². The minimum absolute atomic E-state index is 0.123. The molecule has 1 amide bonds. The number of imidazole rings is 1. The van der Waals surface area contributed by atoms with Crippen molar-refractivity contribution in [1.29, 1.82) is 0 Å². The van der Waals surface area contributed by atoms with E-state index in [0.29, 0.717) is 11.9 Å². The number of benzene rings is 2. The zero-order valence-electron chi connectivity index (χ0n) is 18.4. The van der Waals surface area contributed by atoms with Gasteiger partial charge in [-0.2, -0.15) is 0 Å². The quantitative estimate of drug-likeness (QED) is 0.704. The van der Waals surface area contributed by atoms with Gasteiger partial charge in [-0.1, -0.05) is 24.3 Å². The molecule has 0 unspecified atom stereocenters. The Morgan fingerprint density at radius 2 is 1.84 bits per heavy atom. The Balaban J connectivity index is 1.18. The predicted octanol–water partition coefficient (Wildman–Crippen LogP) is 3.83. The fourth-order valence-electron chi connectivity index (χ4n) is 5.03. The maximum atomic E-state index is 13.2. The highest BCUT2D eigenvalue weighted by Gasteiger charge is 2.33. The predicted molar refractivity (Wildman–Crippen MR) is 126 cm³/mol. The van der Waals surface area contributed by atoms with Gasteiger partial charge in [0.2, 0.25) is 11.9 Å². The Morgan fingerprint density at radius 3 is 2.58 bits per heavy atom. The molecule has 3 aromatic rings. The van der Waals surface area contributed by atoms with Crippen molar-refractivity contribution in [1.82, 2.24) is 14.9 Å². The van der Waals surface area contributed by atoms with Crippen LogP contribution in [0.2, 0.25) is 0 Å². The van der Waals surface area contributed by atoms with Crippen LogP contribution in [0, 0.1) is 12.8 Å². The molecular weight excluding hydrogens is 386 g/mol. The van der Waals surface area contributed by atoms with E-state index in [9.17, 15) is 4.79 Å². The smallest absolute Gasteiger partial charge is 0.225 e. The number of amides is 1. The van der Waals surface area contributed by atoms with E-state index in [1.165, 1.54) is 11.3 Å². The van der Waals surface area contributed by atoms with E-state index in [0.717, 1.165) is 62.5 Å². The topological polar surface area (TPSA) is 55.5 Å². The second-order valence-electron chi connectivity index (χ2n) is 9.00. The van der Waals surface area contributed by atoms with Gasteiger partial charge in [0.05, 0.1) is 11.0 Å². The fraction of sp³-hybridized carbons (Fsp3) is 0.440. The molecular formula is C25H31N5O. The Bertz CT molecular complexity index is 1040. The number of nitrogens with zero attached hydrogens (tertiary/aromatic N) is 4. The Hall–Kier alpha value is -3.02. The second-order valence-corrected chi connectivity index (χ2v) is 9.00. The van der Waals surface area contributed by atoms with Crippen LogP contribution in [0.5, 0.6) is 0 Å². The maximum Gasteiger partial charge on any atom is 0.225 e. The summed E-state index contributed by atoms with van der Waals surface area (Å²) in [6, 6.07) is 17.1. The highest BCUT2D eigenvalue weighted by molar-refractivity contribution is 5.80. The van der Waals surface area contributed by atoms with E-state index in [2.05, 4.69) is 63.9 Å². The van der Waals surface area contributed by atoms with E-state index in [1.54, 1.807) is 0 Å². The highest BCUT2D eigenvalue weighted by Crippen LogP contribution is 2.27. The third-order valence-electron chi connectivity index (χ3n) is 6.79. The molecule has 2 aromatic carbocycles. The summed E-state index contributed by atoms with van der Waals surface area (Å²) in [7, 11) is 0. The van der Waals surface area contributed by atoms with Gasteiger partial charge in [0, 0.05) is 50.4 Å². The molecule has 2 fully saturated rings. The first-order valence-corrected chi connectivity index (χ1v) is 11.4. The maximum absolute atomic E-state index is 13.2. The molecule has 6 nitrogen and oxygen atoms in total.